The maximum Gasteiger partial charge on any atom is 0.116 e. The Balaban J connectivity index is 1.91. The van der Waals surface area contributed by atoms with E-state index in [-0.39, 0.29) is 17.1 Å². The second-order valence-corrected chi connectivity index (χ2v) is 6.85. The standard InChI is InChI=1S/C18H20O3/c1-18-7-6-13-12-5-3-11(19)8-10(12)2-4-14(13)15(18)9-16(20)17(18)21/h2-5,8,15-17,19-21H,6-7,9H2,1H3/t15-,16-,17+,18+/m1/s1. The highest BCUT2D eigenvalue weighted by Gasteiger charge is 2.53. The summed E-state index contributed by atoms with van der Waals surface area (Å²) in [5.41, 5.74) is 2.35. The molecule has 21 heavy (non-hydrogen) atoms. The van der Waals surface area contributed by atoms with Crippen molar-refractivity contribution in [3.05, 3.63) is 41.5 Å². The number of aliphatic hydroxyl groups is 2. The Morgan fingerprint density at radius 1 is 1.14 bits per heavy atom. The summed E-state index contributed by atoms with van der Waals surface area (Å²) in [6.45, 7) is 2.10. The van der Waals surface area contributed by atoms with Gasteiger partial charge in [-0.2, -0.15) is 0 Å². The Kier molecular flexibility index (Phi) is 2.63. The Hall–Kier alpha value is -1.58. The molecule has 0 spiro atoms. The second-order valence-electron chi connectivity index (χ2n) is 6.85. The van der Waals surface area contributed by atoms with Crippen molar-refractivity contribution < 1.29 is 15.3 Å². The fourth-order valence-electron chi connectivity index (χ4n) is 4.49. The summed E-state index contributed by atoms with van der Waals surface area (Å²) < 4.78 is 0. The molecule has 0 radical (unpaired) electrons. The van der Waals surface area contributed by atoms with E-state index in [0.29, 0.717) is 6.42 Å². The molecule has 3 nitrogen and oxygen atoms in total. The van der Waals surface area contributed by atoms with Gasteiger partial charge in [0.1, 0.15) is 5.75 Å². The summed E-state index contributed by atoms with van der Waals surface area (Å²) in [6, 6.07) is 9.66. The molecule has 3 heteroatoms. The zero-order valence-electron chi connectivity index (χ0n) is 12.1. The SMILES string of the molecule is C[C@]12CCc3c(ccc4cc(O)ccc34)[C@H]1C[C@@H](O)[C@@H]2O. The lowest BCUT2D eigenvalue weighted by molar-refractivity contribution is -0.0216. The number of aryl methyl sites for hydroxylation is 1. The fourth-order valence-corrected chi connectivity index (χ4v) is 4.49. The van der Waals surface area contributed by atoms with Crippen LogP contribution >= 0.6 is 0 Å². The molecule has 0 aliphatic heterocycles. The summed E-state index contributed by atoms with van der Waals surface area (Å²) in [7, 11) is 0. The van der Waals surface area contributed by atoms with E-state index in [9.17, 15) is 15.3 Å². The molecule has 2 aromatic rings. The second kappa shape index (κ2) is 4.21. The first-order valence-corrected chi connectivity index (χ1v) is 7.61. The lowest BCUT2D eigenvalue weighted by atomic mass is 9.65. The third-order valence-electron chi connectivity index (χ3n) is 5.75. The molecular formula is C18H20O3. The third kappa shape index (κ3) is 1.68. The van der Waals surface area contributed by atoms with Crippen LogP contribution in [0.4, 0.5) is 0 Å². The van der Waals surface area contributed by atoms with Gasteiger partial charge in [-0.25, -0.2) is 0 Å². The van der Waals surface area contributed by atoms with Gasteiger partial charge in [0.15, 0.2) is 0 Å². The number of hydrogen-bond donors (Lipinski definition) is 3. The zero-order valence-corrected chi connectivity index (χ0v) is 12.1. The average molecular weight is 284 g/mol. The topological polar surface area (TPSA) is 60.7 Å². The largest absolute Gasteiger partial charge is 0.508 e. The van der Waals surface area contributed by atoms with Crippen LogP contribution in [-0.2, 0) is 6.42 Å². The van der Waals surface area contributed by atoms with Crippen molar-refractivity contribution in [3.63, 3.8) is 0 Å². The van der Waals surface area contributed by atoms with Crippen molar-refractivity contribution in [2.24, 2.45) is 5.41 Å². The fraction of sp³-hybridized carbons (Fsp3) is 0.444. The van der Waals surface area contributed by atoms with Crippen LogP contribution in [0.3, 0.4) is 0 Å². The van der Waals surface area contributed by atoms with Gasteiger partial charge in [0.25, 0.3) is 0 Å². The number of hydrogen-bond acceptors (Lipinski definition) is 3. The molecule has 0 bridgehead atoms. The van der Waals surface area contributed by atoms with Gasteiger partial charge in [-0.15, -0.1) is 0 Å². The van der Waals surface area contributed by atoms with E-state index >= 15 is 0 Å². The molecule has 1 fully saturated rings. The first-order valence-electron chi connectivity index (χ1n) is 7.61. The molecule has 0 aromatic heterocycles. The molecule has 0 saturated heterocycles. The van der Waals surface area contributed by atoms with Crippen molar-refractivity contribution in [3.8, 4) is 5.75 Å². The normalized spacial score (nSPS) is 34.7. The highest BCUT2D eigenvalue weighted by atomic mass is 16.3. The Bertz CT molecular complexity index is 724. The zero-order chi connectivity index (χ0) is 14.8. The van der Waals surface area contributed by atoms with Gasteiger partial charge in [-0.1, -0.05) is 25.1 Å². The van der Waals surface area contributed by atoms with Gasteiger partial charge in [-0.05, 0) is 59.2 Å². The minimum atomic E-state index is -0.633. The highest BCUT2D eigenvalue weighted by molar-refractivity contribution is 5.88. The molecule has 2 aromatic carbocycles. The van der Waals surface area contributed by atoms with Gasteiger partial charge >= 0.3 is 0 Å². The molecule has 1 saturated carbocycles. The molecule has 2 aliphatic rings. The van der Waals surface area contributed by atoms with Crippen LogP contribution in [0.15, 0.2) is 30.3 Å². The van der Waals surface area contributed by atoms with Crippen LogP contribution in [0, 0.1) is 5.41 Å². The first-order chi connectivity index (χ1) is 10.0. The van der Waals surface area contributed by atoms with Gasteiger partial charge < -0.3 is 15.3 Å². The Labute approximate surface area is 123 Å². The van der Waals surface area contributed by atoms with E-state index < -0.39 is 12.2 Å². The summed E-state index contributed by atoms with van der Waals surface area (Å²) in [6.07, 6.45) is 1.18. The van der Waals surface area contributed by atoms with Crippen molar-refractivity contribution in [2.75, 3.05) is 0 Å². The lowest BCUT2D eigenvalue weighted by Gasteiger charge is -2.40. The summed E-state index contributed by atoms with van der Waals surface area (Å²) in [5, 5.41) is 32.3. The maximum absolute atomic E-state index is 10.3. The molecule has 0 amide bonds. The average Bonchev–Trinajstić information content (AvgIpc) is 2.70. The molecule has 2 aliphatic carbocycles. The van der Waals surface area contributed by atoms with Gasteiger partial charge in [0, 0.05) is 5.41 Å². The molecule has 110 valence electrons. The van der Waals surface area contributed by atoms with Crippen LogP contribution in [0.25, 0.3) is 10.8 Å². The van der Waals surface area contributed by atoms with Crippen LogP contribution < -0.4 is 0 Å². The van der Waals surface area contributed by atoms with Crippen molar-refractivity contribution in [1.82, 2.24) is 0 Å². The van der Waals surface area contributed by atoms with E-state index in [2.05, 4.69) is 13.0 Å². The Morgan fingerprint density at radius 2 is 1.95 bits per heavy atom. The minimum absolute atomic E-state index is 0.212. The van der Waals surface area contributed by atoms with Crippen molar-refractivity contribution >= 4 is 10.8 Å². The number of benzene rings is 2. The maximum atomic E-state index is 10.3. The quantitative estimate of drug-likeness (QED) is 0.697. The number of phenolic OH excluding ortho intramolecular Hbond substituents is 1. The third-order valence-corrected chi connectivity index (χ3v) is 5.75. The number of aliphatic hydroxyl groups excluding tert-OH is 2. The van der Waals surface area contributed by atoms with Crippen LogP contribution in [0.5, 0.6) is 5.75 Å². The van der Waals surface area contributed by atoms with E-state index in [4.69, 9.17) is 0 Å². The molecule has 0 unspecified atom stereocenters. The first kappa shape index (κ1) is 13.1. The monoisotopic (exact) mass is 284 g/mol. The van der Waals surface area contributed by atoms with Gasteiger partial charge in [-0.3, -0.25) is 0 Å². The number of rotatable bonds is 0. The van der Waals surface area contributed by atoms with Crippen molar-refractivity contribution in [2.45, 2.75) is 44.3 Å². The molecule has 4 rings (SSSR count). The Morgan fingerprint density at radius 3 is 2.76 bits per heavy atom. The highest BCUT2D eigenvalue weighted by Crippen LogP contribution is 2.56. The van der Waals surface area contributed by atoms with E-state index in [1.165, 1.54) is 16.5 Å². The smallest absolute Gasteiger partial charge is 0.116 e. The molecule has 4 atom stereocenters. The van der Waals surface area contributed by atoms with E-state index in [1.807, 2.05) is 12.1 Å². The van der Waals surface area contributed by atoms with Crippen LogP contribution in [0.2, 0.25) is 0 Å². The van der Waals surface area contributed by atoms with Crippen LogP contribution in [-0.4, -0.2) is 27.5 Å². The molecular weight excluding hydrogens is 264 g/mol. The minimum Gasteiger partial charge on any atom is -0.508 e. The predicted octanol–water partition coefficient (Wildman–Crippen LogP) is 2.71. The predicted molar refractivity (Wildman–Crippen MR) is 81.4 cm³/mol. The number of phenols is 1. The molecule has 0 heterocycles. The summed E-state index contributed by atoms with van der Waals surface area (Å²) >= 11 is 0. The van der Waals surface area contributed by atoms with E-state index in [1.54, 1.807) is 12.1 Å². The van der Waals surface area contributed by atoms with Gasteiger partial charge in [0.2, 0.25) is 0 Å². The summed E-state index contributed by atoms with van der Waals surface area (Å²) in [5.74, 6) is 0.499. The van der Waals surface area contributed by atoms with Gasteiger partial charge in [0.05, 0.1) is 12.2 Å². The summed E-state index contributed by atoms with van der Waals surface area (Å²) in [4.78, 5) is 0. The molecule has 3 N–H and O–H groups in total. The number of aromatic hydroxyl groups is 1. The number of fused-ring (bicyclic) bond motifs is 5. The van der Waals surface area contributed by atoms with E-state index in [0.717, 1.165) is 18.2 Å². The lowest BCUT2D eigenvalue weighted by Crippen LogP contribution is -2.38. The van der Waals surface area contributed by atoms with Crippen LogP contribution in [0.1, 0.15) is 36.8 Å². The van der Waals surface area contributed by atoms with Crippen molar-refractivity contribution in [1.29, 1.82) is 0 Å².